The number of rotatable bonds is 3. The summed E-state index contributed by atoms with van der Waals surface area (Å²) < 4.78 is 0. The van der Waals surface area contributed by atoms with Crippen molar-refractivity contribution in [2.75, 3.05) is 0 Å². The fraction of sp³-hybridized carbons (Fsp3) is 0.200. The number of hydrogen-bond acceptors (Lipinski definition) is 2. The van der Waals surface area contributed by atoms with Crippen molar-refractivity contribution in [3.63, 3.8) is 0 Å². The number of benzene rings is 1. The maximum atomic E-state index is 8.50. The van der Waals surface area contributed by atoms with E-state index in [2.05, 4.69) is 0 Å². The van der Waals surface area contributed by atoms with Crippen LogP contribution in [0.1, 0.15) is 5.56 Å². The monoisotopic (exact) mass is 164 g/mol. The van der Waals surface area contributed by atoms with E-state index in [9.17, 15) is 0 Å². The van der Waals surface area contributed by atoms with Crippen LogP contribution in [-0.4, -0.2) is 16.5 Å². The summed E-state index contributed by atoms with van der Waals surface area (Å²) >= 11 is 0. The van der Waals surface area contributed by atoms with Gasteiger partial charge in [-0.15, -0.1) is 0 Å². The molecule has 12 heavy (non-hydrogen) atoms. The Bertz CT molecular complexity index is 239. The molecule has 0 aliphatic heterocycles. The molecule has 1 aromatic carbocycles. The maximum Gasteiger partial charge on any atom is 0.171 e. The third kappa shape index (κ3) is 3.32. The van der Waals surface area contributed by atoms with Crippen molar-refractivity contribution in [1.82, 2.24) is 0 Å². The molecule has 0 saturated carbocycles. The largest absolute Gasteiger partial charge is 0.365 e. The standard InChI is InChI=1S/C10H12O2/c11-10(12)8-4-7-9-5-2-1-3-6-9/h1-6,8,10-12H,7H2. The minimum atomic E-state index is -1.34. The fourth-order valence-corrected chi connectivity index (χ4v) is 0.940. The van der Waals surface area contributed by atoms with Crippen LogP contribution in [0.3, 0.4) is 0 Å². The van der Waals surface area contributed by atoms with Crippen molar-refractivity contribution < 1.29 is 10.2 Å². The molecule has 0 aliphatic carbocycles. The third-order valence-electron chi connectivity index (χ3n) is 1.50. The second-order valence-electron chi connectivity index (χ2n) is 2.53. The molecule has 64 valence electrons. The first-order valence-corrected chi connectivity index (χ1v) is 3.86. The van der Waals surface area contributed by atoms with Crippen LogP contribution in [0.25, 0.3) is 0 Å². The van der Waals surface area contributed by atoms with Gasteiger partial charge in [0.2, 0.25) is 0 Å². The van der Waals surface area contributed by atoms with E-state index in [1.54, 1.807) is 6.08 Å². The highest BCUT2D eigenvalue weighted by molar-refractivity contribution is 5.17. The highest BCUT2D eigenvalue weighted by Gasteiger charge is 1.88. The van der Waals surface area contributed by atoms with E-state index < -0.39 is 6.29 Å². The zero-order valence-corrected chi connectivity index (χ0v) is 6.72. The lowest BCUT2D eigenvalue weighted by Gasteiger charge is -1.95. The fourth-order valence-electron chi connectivity index (χ4n) is 0.940. The van der Waals surface area contributed by atoms with Gasteiger partial charge in [0.05, 0.1) is 0 Å². The topological polar surface area (TPSA) is 40.5 Å². The molecule has 0 atom stereocenters. The Morgan fingerprint density at radius 3 is 2.42 bits per heavy atom. The lowest BCUT2D eigenvalue weighted by molar-refractivity contribution is 0.00221. The number of aliphatic hydroxyl groups is 2. The van der Waals surface area contributed by atoms with Gasteiger partial charge < -0.3 is 10.2 Å². The van der Waals surface area contributed by atoms with Crippen LogP contribution in [0.5, 0.6) is 0 Å². The van der Waals surface area contributed by atoms with E-state index in [4.69, 9.17) is 10.2 Å². The molecule has 0 fully saturated rings. The molecular formula is C10H12O2. The van der Waals surface area contributed by atoms with E-state index in [1.807, 2.05) is 30.3 Å². The van der Waals surface area contributed by atoms with E-state index in [0.29, 0.717) is 0 Å². The lowest BCUT2D eigenvalue weighted by Crippen LogP contribution is -1.97. The summed E-state index contributed by atoms with van der Waals surface area (Å²) in [5, 5.41) is 17.0. The second kappa shape index (κ2) is 4.70. The van der Waals surface area contributed by atoms with Crippen LogP contribution in [0.2, 0.25) is 0 Å². The van der Waals surface area contributed by atoms with Crippen LogP contribution in [-0.2, 0) is 6.42 Å². The molecule has 1 aromatic rings. The number of allylic oxidation sites excluding steroid dienone is 1. The highest BCUT2D eigenvalue weighted by Crippen LogP contribution is 1.99. The smallest absolute Gasteiger partial charge is 0.171 e. The molecule has 2 nitrogen and oxygen atoms in total. The minimum Gasteiger partial charge on any atom is -0.365 e. The van der Waals surface area contributed by atoms with Gasteiger partial charge in [-0.05, 0) is 18.1 Å². The summed E-state index contributed by atoms with van der Waals surface area (Å²) in [6.07, 6.45) is 2.49. The second-order valence-corrected chi connectivity index (χ2v) is 2.53. The SMILES string of the molecule is OC(O)C=CCc1ccccc1. The normalized spacial score (nSPS) is 11.2. The Kier molecular flexibility index (Phi) is 3.51. The molecule has 1 rings (SSSR count). The molecule has 0 spiro atoms. The van der Waals surface area contributed by atoms with Crippen LogP contribution >= 0.6 is 0 Å². The van der Waals surface area contributed by atoms with Gasteiger partial charge in [-0.3, -0.25) is 0 Å². The van der Waals surface area contributed by atoms with Crippen molar-refractivity contribution in [1.29, 1.82) is 0 Å². The zero-order valence-electron chi connectivity index (χ0n) is 6.72. The van der Waals surface area contributed by atoms with Gasteiger partial charge in [0.15, 0.2) is 6.29 Å². The summed E-state index contributed by atoms with van der Waals surface area (Å²) in [6.45, 7) is 0. The minimum absolute atomic E-state index is 0.735. The summed E-state index contributed by atoms with van der Waals surface area (Å²) in [4.78, 5) is 0. The first kappa shape index (κ1) is 8.97. The first-order chi connectivity index (χ1) is 5.79. The van der Waals surface area contributed by atoms with Crippen molar-refractivity contribution in [2.45, 2.75) is 12.7 Å². The van der Waals surface area contributed by atoms with Gasteiger partial charge in [0.25, 0.3) is 0 Å². The maximum absolute atomic E-state index is 8.50. The summed E-state index contributed by atoms with van der Waals surface area (Å²) in [6, 6.07) is 9.85. The average molecular weight is 164 g/mol. The predicted octanol–water partition coefficient (Wildman–Crippen LogP) is 1.10. The molecule has 0 saturated heterocycles. The van der Waals surface area contributed by atoms with E-state index in [-0.39, 0.29) is 0 Å². The quantitative estimate of drug-likeness (QED) is 0.518. The molecule has 0 radical (unpaired) electrons. The summed E-state index contributed by atoms with van der Waals surface area (Å²) in [7, 11) is 0. The van der Waals surface area contributed by atoms with Crippen LogP contribution < -0.4 is 0 Å². The van der Waals surface area contributed by atoms with Crippen molar-refractivity contribution in [2.24, 2.45) is 0 Å². The third-order valence-corrected chi connectivity index (χ3v) is 1.50. The van der Waals surface area contributed by atoms with Crippen LogP contribution in [0, 0.1) is 0 Å². The molecule has 0 heterocycles. The van der Waals surface area contributed by atoms with Gasteiger partial charge >= 0.3 is 0 Å². The highest BCUT2D eigenvalue weighted by atomic mass is 16.5. The Morgan fingerprint density at radius 1 is 1.17 bits per heavy atom. The Morgan fingerprint density at radius 2 is 1.83 bits per heavy atom. The molecule has 0 aliphatic rings. The Balaban J connectivity index is 2.43. The first-order valence-electron chi connectivity index (χ1n) is 3.86. The van der Waals surface area contributed by atoms with Crippen molar-refractivity contribution >= 4 is 0 Å². The predicted molar refractivity (Wildman–Crippen MR) is 47.5 cm³/mol. The molecule has 0 bridgehead atoms. The molecule has 0 aromatic heterocycles. The van der Waals surface area contributed by atoms with Crippen molar-refractivity contribution in [3.05, 3.63) is 48.0 Å². The zero-order chi connectivity index (χ0) is 8.81. The molecular weight excluding hydrogens is 152 g/mol. The average Bonchev–Trinajstić information content (AvgIpc) is 2.05. The molecule has 0 unspecified atom stereocenters. The van der Waals surface area contributed by atoms with Gasteiger partial charge in [-0.2, -0.15) is 0 Å². The van der Waals surface area contributed by atoms with Crippen molar-refractivity contribution in [3.8, 4) is 0 Å². The number of aliphatic hydroxyl groups excluding tert-OH is 1. The van der Waals surface area contributed by atoms with Gasteiger partial charge in [-0.1, -0.05) is 36.4 Å². The molecule has 0 amide bonds. The van der Waals surface area contributed by atoms with Gasteiger partial charge in [-0.25, -0.2) is 0 Å². The molecule has 2 N–H and O–H groups in total. The van der Waals surface area contributed by atoms with Crippen LogP contribution in [0.15, 0.2) is 42.5 Å². The van der Waals surface area contributed by atoms with E-state index in [0.717, 1.165) is 12.0 Å². The van der Waals surface area contributed by atoms with E-state index >= 15 is 0 Å². The van der Waals surface area contributed by atoms with Crippen LogP contribution in [0.4, 0.5) is 0 Å². The number of hydrogen-bond donors (Lipinski definition) is 2. The Labute approximate surface area is 71.8 Å². The lowest BCUT2D eigenvalue weighted by atomic mass is 10.1. The van der Waals surface area contributed by atoms with Gasteiger partial charge in [0.1, 0.15) is 0 Å². The Hall–Kier alpha value is -1.12. The molecule has 2 heteroatoms. The summed E-state index contributed by atoms with van der Waals surface area (Å²) in [5.74, 6) is 0. The summed E-state index contributed by atoms with van der Waals surface area (Å²) in [5.41, 5.74) is 1.16. The van der Waals surface area contributed by atoms with Gasteiger partial charge in [0, 0.05) is 0 Å². The van der Waals surface area contributed by atoms with E-state index in [1.165, 1.54) is 6.08 Å².